The Bertz CT molecular complexity index is 1000. The summed E-state index contributed by atoms with van der Waals surface area (Å²) in [4.78, 5) is 25.8. The Hall–Kier alpha value is -2.10. The highest BCUT2D eigenvalue weighted by molar-refractivity contribution is 9.10. The first-order chi connectivity index (χ1) is 13.8. The number of piperazine rings is 1. The van der Waals surface area contributed by atoms with Crippen LogP contribution >= 0.6 is 15.9 Å². The Morgan fingerprint density at radius 2 is 1.55 bits per heavy atom. The predicted molar refractivity (Wildman–Crippen MR) is 109 cm³/mol. The van der Waals surface area contributed by atoms with Crippen molar-refractivity contribution in [3.8, 4) is 0 Å². The molecule has 2 aromatic rings. The first-order valence-electron chi connectivity index (χ1n) is 9.10. The van der Waals surface area contributed by atoms with Gasteiger partial charge in [-0.3, -0.25) is 9.59 Å². The lowest BCUT2D eigenvalue weighted by molar-refractivity contribution is -0.132. The van der Waals surface area contributed by atoms with Crippen molar-refractivity contribution in [1.82, 2.24) is 9.21 Å². The highest BCUT2D eigenvalue weighted by Gasteiger charge is 2.31. The predicted octanol–water partition coefficient (Wildman–Crippen LogP) is 3.08. The number of halogens is 2. The van der Waals surface area contributed by atoms with E-state index >= 15 is 0 Å². The molecule has 0 atom stereocenters. The molecule has 3 rings (SSSR count). The van der Waals surface area contributed by atoms with E-state index in [1.54, 1.807) is 29.2 Å². The minimum absolute atomic E-state index is 0.0644. The summed E-state index contributed by atoms with van der Waals surface area (Å²) in [6, 6.07) is 12.2. The topological polar surface area (TPSA) is 74.8 Å². The first kappa shape index (κ1) is 21.6. The normalized spacial score (nSPS) is 15.3. The van der Waals surface area contributed by atoms with Gasteiger partial charge in [0, 0.05) is 49.1 Å². The summed E-state index contributed by atoms with van der Waals surface area (Å²) in [7, 11) is -3.94. The number of amides is 1. The molecule has 154 valence electrons. The summed E-state index contributed by atoms with van der Waals surface area (Å²) in [5.41, 5.74) is 0.543. The smallest absolute Gasteiger partial charge is 0.246 e. The number of hydrogen-bond donors (Lipinski definition) is 0. The first-order valence-corrected chi connectivity index (χ1v) is 11.3. The van der Waals surface area contributed by atoms with Gasteiger partial charge in [0.2, 0.25) is 15.9 Å². The van der Waals surface area contributed by atoms with Crippen molar-refractivity contribution >= 4 is 37.6 Å². The minimum atomic E-state index is -3.94. The van der Waals surface area contributed by atoms with E-state index in [1.165, 1.54) is 22.5 Å². The van der Waals surface area contributed by atoms with Gasteiger partial charge in [-0.2, -0.15) is 4.31 Å². The van der Waals surface area contributed by atoms with Gasteiger partial charge in [0.1, 0.15) is 10.7 Å². The lowest BCUT2D eigenvalue weighted by Crippen LogP contribution is -2.50. The highest BCUT2D eigenvalue weighted by atomic mass is 79.9. The van der Waals surface area contributed by atoms with Crippen LogP contribution in [0.2, 0.25) is 0 Å². The molecule has 1 heterocycles. The number of rotatable bonds is 6. The van der Waals surface area contributed by atoms with Gasteiger partial charge in [-0.05, 0) is 24.3 Å². The Morgan fingerprint density at radius 1 is 0.931 bits per heavy atom. The molecule has 0 N–H and O–H groups in total. The van der Waals surface area contributed by atoms with Crippen LogP contribution in [-0.2, 0) is 14.8 Å². The molecular formula is C20H20BrFN2O4S. The molecule has 0 unspecified atom stereocenters. The summed E-state index contributed by atoms with van der Waals surface area (Å²) in [5.74, 6) is -1.11. The molecule has 1 fully saturated rings. The van der Waals surface area contributed by atoms with Crippen molar-refractivity contribution in [2.45, 2.75) is 17.7 Å². The minimum Gasteiger partial charge on any atom is -0.340 e. The molecule has 6 nitrogen and oxygen atoms in total. The van der Waals surface area contributed by atoms with Crippen molar-refractivity contribution in [2.24, 2.45) is 0 Å². The molecule has 1 aliphatic heterocycles. The van der Waals surface area contributed by atoms with Crippen LogP contribution < -0.4 is 0 Å². The molecule has 1 aliphatic rings. The van der Waals surface area contributed by atoms with Crippen LogP contribution in [0.4, 0.5) is 4.39 Å². The van der Waals surface area contributed by atoms with Crippen molar-refractivity contribution < 1.29 is 22.4 Å². The fourth-order valence-corrected chi connectivity index (χ4v) is 4.88. The Kier molecular flexibility index (Phi) is 6.81. The van der Waals surface area contributed by atoms with Crippen molar-refractivity contribution in [3.05, 3.63) is 64.4 Å². The van der Waals surface area contributed by atoms with Crippen LogP contribution in [0.1, 0.15) is 23.2 Å². The second-order valence-electron chi connectivity index (χ2n) is 6.65. The van der Waals surface area contributed by atoms with Crippen LogP contribution in [0.25, 0.3) is 0 Å². The molecule has 1 amide bonds. The molecule has 29 heavy (non-hydrogen) atoms. The monoisotopic (exact) mass is 482 g/mol. The zero-order valence-electron chi connectivity index (χ0n) is 15.6. The summed E-state index contributed by atoms with van der Waals surface area (Å²) in [6.07, 6.45) is 0.156. The fourth-order valence-electron chi connectivity index (χ4n) is 3.13. The van der Waals surface area contributed by atoms with Crippen LogP contribution in [0.15, 0.2) is 57.9 Å². The lowest BCUT2D eigenvalue weighted by atomic mass is 10.1. The molecule has 0 spiro atoms. The maximum absolute atomic E-state index is 13.9. The molecular weight excluding hydrogens is 463 g/mol. The van der Waals surface area contributed by atoms with Crippen molar-refractivity contribution in [3.63, 3.8) is 0 Å². The van der Waals surface area contributed by atoms with Crippen LogP contribution in [0.3, 0.4) is 0 Å². The van der Waals surface area contributed by atoms with Crippen LogP contribution in [0.5, 0.6) is 0 Å². The number of ketones is 1. The third kappa shape index (κ3) is 5.09. The van der Waals surface area contributed by atoms with Crippen LogP contribution in [0, 0.1) is 5.82 Å². The van der Waals surface area contributed by atoms with Crippen LogP contribution in [-0.4, -0.2) is 55.5 Å². The average Bonchev–Trinajstić information content (AvgIpc) is 2.72. The van der Waals surface area contributed by atoms with Gasteiger partial charge in [0.25, 0.3) is 0 Å². The maximum atomic E-state index is 13.9. The standard InChI is InChI=1S/C20H20BrFN2O4S/c21-16-7-5-15(6-8-16)18(25)9-10-20(26)23-11-13-24(14-12-23)29(27,28)19-4-2-1-3-17(19)22/h1-8H,9-14H2. The Labute approximate surface area is 177 Å². The quantitative estimate of drug-likeness (QED) is 0.592. The highest BCUT2D eigenvalue weighted by Crippen LogP contribution is 2.21. The number of Topliss-reactive ketones (excluding diaryl/α,β-unsaturated/α-hetero) is 1. The van der Waals surface area contributed by atoms with E-state index in [9.17, 15) is 22.4 Å². The van der Waals surface area contributed by atoms with Crippen molar-refractivity contribution in [1.29, 1.82) is 0 Å². The molecule has 0 aromatic heterocycles. The third-order valence-corrected chi connectivity index (χ3v) is 7.24. The molecule has 9 heteroatoms. The Morgan fingerprint density at radius 3 is 2.17 bits per heavy atom. The van der Waals surface area contributed by atoms with E-state index in [0.717, 1.165) is 10.5 Å². The number of sulfonamides is 1. The summed E-state index contributed by atoms with van der Waals surface area (Å²) in [5, 5.41) is 0. The lowest BCUT2D eigenvalue weighted by Gasteiger charge is -2.34. The summed E-state index contributed by atoms with van der Waals surface area (Å²) in [6.45, 7) is 0.587. The van der Waals surface area contributed by atoms with Gasteiger partial charge < -0.3 is 4.90 Å². The van der Waals surface area contributed by atoms with Gasteiger partial charge in [0.15, 0.2) is 5.78 Å². The molecule has 0 saturated carbocycles. The molecule has 1 saturated heterocycles. The number of carbonyl (C=O) groups excluding carboxylic acids is 2. The van der Waals surface area contributed by atoms with Gasteiger partial charge in [-0.25, -0.2) is 12.8 Å². The second kappa shape index (κ2) is 9.15. The second-order valence-corrected chi connectivity index (χ2v) is 9.47. The Balaban J connectivity index is 1.53. The fraction of sp³-hybridized carbons (Fsp3) is 0.300. The number of hydrogen-bond acceptors (Lipinski definition) is 4. The molecule has 0 radical (unpaired) electrons. The molecule has 0 aliphatic carbocycles. The van der Waals surface area contributed by atoms with E-state index in [4.69, 9.17) is 0 Å². The molecule has 2 aromatic carbocycles. The zero-order valence-corrected chi connectivity index (χ0v) is 18.0. The van der Waals surface area contributed by atoms with E-state index in [2.05, 4.69) is 15.9 Å². The summed E-state index contributed by atoms with van der Waals surface area (Å²) < 4.78 is 41.2. The molecule has 0 bridgehead atoms. The maximum Gasteiger partial charge on any atom is 0.246 e. The zero-order chi connectivity index (χ0) is 21.0. The number of benzene rings is 2. The number of carbonyl (C=O) groups is 2. The van der Waals surface area contributed by atoms with E-state index in [0.29, 0.717) is 5.56 Å². The van der Waals surface area contributed by atoms with Crippen molar-refractivity contribution in [2.75, 3.05) is 26.2 Å². The number of nitrogens with zero attached hydrogens (tertiary/aromatic N) is 2. The van der Waals surface area contributed by atoms with Gasteiger partial charge >= 0.3 is 0 Å². The van der Waals surface area contributed by atoms with Gasteiger partial charge in [-0.15, -0.1) is 0 Å². The van der Waals surface area contributed by atoms with E-state index < -0.39 is 15.8 Å². The van der Waals surface area contributed by atoms with Gasteiger partial charge in [0.05, 0.1) is 0 Å². The largest absolute Gasteiger partial charge is 0.340 e. The summed E-state index contributed by atoms with van der Waals surface area (Å²) >= 11 is 3.31. The van der Waals surface area contributed by atoms with E-state index in [1.807, 2.05) is 0 Å². The average molecular weight is 483 g/mol. The van der Waals surface area contributed by atoms with Gasteiger partial charge in [-0.1, -0.05) is 40.2 Å². The third-order valence-electron chi connectivity index (χ3n) is 4.78. The SMILES string of the molecule is O=C(CCC(=O)N1CCN(S(=O)(=O)c2ccccc2F)CC1)c1ccc(Br)cc1. The van der Waals surface area contributed by atoms with E-state index in [-0.39, 0.29) is 55.6 Å².